The van der Waals surface area contributed by atoms with Gasteiger partial charge in [-0.25, -0.2) is 4.79 Å². The highest BCUT2D eigenvalue weighted by Crippen LogP contribution is 2.30. The highest BCUT2D eigenvalue weighted by Gasteiger charge is 2.16. The molecule has 0 radical (unpaired) electrons. The lowest BCUT2D eigenvalue weighted by molar-refractivity contribution is 0.0698. The van der Waals surface area contributed by atoms with Gasteiger partial charge in [-0.05, 0) is 12.5 Å². The van der Waals surface area contributed by atoms with Crippen LogP contribution in [0.5, 0.6) is 5.75 Å². The van der Waals surface area contributed by atoms with Crippen molar-refractivity contribution < 1.29 is 14.6 Å². The second-order valence-electron chi connectivity index (χ2n) is 2.95. The highest BCUT2D eigenvalue weighted by molar-refractivity contribution is 7.14. The Morgan fingerprint density at radius 1 is 1.73 bits per heavy atom. The summed E-state index contributed by atoms with van der Waals surface area (Å²) in [4.78, 5) is 12.1. The van der Waals surface area contributed by atoms with E-state index in [9.17, 15) is 4.79 Å². The van der Waals surface area contributed by atoms with Crippen LogP contribution in [0.4, 0.5) is 0 Å². The van der Waals surface area contributed by atoms with Crippen LogP contribution in [0.2, 0.25) is 0 Å². The lowest BCUT2D eigenvalue weighted by Gasteiger charge is -1.98. The largest absolute Gasteiger partial charge is 0.479 e. The fourth-order valence-corrected chi connectivity index (χ4v) is 2.21. The maximum Gasteiger partial charge on any atom is 0.349 e. The minimum absolute atomic E-state index is 0.0998. The van der Waals surface area contributed by atoms with Gasteiger partial charge in [0.25, 0.3) is 0 Å². The molecular weight excluding hydrogens is 212 g/mol. The number of hydrogen-bond acceptors (Lipinski definition) is 3. The molecule has 1 rings (SSSR count). The molecule has 0 bridgehead atoms. The summed E-state index contributed by atoms with van der Waals surface area (Å²) in [5.74, 6) is 1.73. The van der Waals surface area contributed by atoms with E-state index in [-0.39, 0.29) is 11.5 Å². The Labute approximate surface area is 92.7 Å². The average molecular weight is 224 g/mol. The smallest absolute Gasteiger partial charge is 0.349 e. The number of ether oxygens (including phenoxy) is 1. The van der Waals surface area contributed by atoms with Crippen LogP contribution in [0.3, 0.4) is 0 Å². The summed E-state index contributed by atoms with van der Waals surface area (Å²) in [6, 6.07) is 1.76. The molecule has 0 aliphatic rings. The standard InChI is InChI=1S/C11H12O3S/c1-3-5-8-7-9(14-6-4-2)10(15-8)11(12)13/h2,7H,3,5-6H2,1H3,(H,12,13). The van der Waals surface area contributed by atoms with E-state index in [1.807, 2.05) is 6.92 Å². The van der Waals surface area contributed by atoms with Gasteiger partial charge in [-0.15, -0.1) is 17.8 Å². The molecule has 0 aliphatic carbocycles. The van der Waals surface area contributed by atoms with Gasteiger partial charge in [0.15, 0.2) is 4.88 Å². The predicted molar refractivity (Wildman–Crippen MR) is 59.6 cm³/mol. The maximum absolute atomic E-state index is 10.9. The second-order valence-corrected chi connectivity index (χ2v) is 4.09. The molecule has 0 spiro atoms. The van der Waals surface area contributed by atoms with E-state index in [1.54, 1.807) is 6.07 Å². The molecule has 1 N–H and O–H groups in total. The van der Waals surface area contributed by atoms with Crippen LogP contribution in [-0.4, -0.2) is 17.7 Å². The van der Waals surface area contributed by atoms with Crippen LogP contribution in [0.25, 0.3) is 0 Å². The molecule has 0 saturated carbocycles. The molecule has 1 heterocycles. The van der Waals surface area contributed by atoms with E-state index in [0.717, 1.165) is 17.7 Å². The minimum atomic E-state index is -0.964. The first-order valence-electron chi connectivity index (χ1n) is 4.61. The summed E-state index contributed by atoms with van der Waals surface area (Å²) in [5.41, 5.74) is 0. The van der Waals surface area contributed by atoms with Crippen LogP contribution in [-0.2, 0) is 6.42 Å². The van der Waals surface area contributed by atoms with Gasteiger partial charge in [-0.2, -0.15) is 0 Å². The fraction of sp³-hybridized carbons (Fsp3) is 0.364. The Morgan fingerprint density at radius 2 is 2.47 bits per heavy atom. The van der Waals surface area contributed by atoms with E-state index in [0.29, 0.717) is 5.75 Å². The average Bonchev–Trinajstić information content (AvgIpc) is 2.59. The lowest BCUT2D eigenvalue weighted by Crippen LogP contribution is -1.99. The van der Waals surface area contributed by atoms with Crippen molar-refractivity contribution in [3.05, 3.63) is 15.8 Å². The molecule has 1 aromatic rings. The molecule has 0 saturated heterocycles. The second kappa shape index (κ2) is 5.42. The number of rotatable bonds is 5. The molecule has 0 unspecified atom stereocenters. The van der Waals surface area contributed by atoms with Gasteiger partial charge < -0.3 is 9.84 Å². The molecule has 0 aromatic carbocycles. The first-order valence-corrected chi connectivity index (χ1v) is 5.43. The van der Waals surface area contributed by atoms with E-state index in [1.165, 1.54) is 11.3 Å². The molecule has 15 heavy (non-hydrogen) atoms. The molecule has 1 aromatic heterocycles. The highest BCUT2D eigenvalue weighted by atomic mass is 32.1. The summed E-state index contributed by atoms with van der Waals surface area (Å²) in [7, 11) is 0. The van der Waals surface area contributed by atoms with E-state index in [4.69, 9.17) is 16.3 Å². The zero-order chi connectivity index (χ0) is 11.3. The number of carbonyl (C=O) groups is 1. The molecule has 80 valence electrons. The van der Waals surface area contributed by atoms with Crippen molar-refractivity contribution >= 4 is 17.3 Å². The van der Waals surface area contributed by atoms with Crippen LogP contribution in [0, 0.1) is 12.3 Å². The van der Waals surface area contributed by atoms with Crippen molar-refractivity contribution in [3.63, 3.8) is 0 Å². The van der Waals surface area contributed by atoms with Gasteiger partial charge in [-0.3, -0.25) is 0 Å². The first-order chi connectivity index (χ1) is 7.19. The molecule has 0 amide bonds. The third-order valence-corrected chi connectivity index (χ3v) is 2.91. The Morgan fingerprint density at radius 3 is 3.00 bits per heavy atom. The van der Waals surface area contributed by atoms with Crippen molar-refractivity contribution in [1.82, 2.24) is 0 Å². The van der Waals surface area contributed by atoms with E-state index in [2.05, 4.69) is 5.92 Å². The molecule has 0 atom stereocenters. The molecule has 3 nitrogen and oxygen atoms in total. The van der Waals surface area contributed by atoms with Crippen molar-refractivity contribution in [1.29, 1.82) is 0 Å². The molecule has 4 heteroatoms. The van der Waals surface area contributed by atoms with Gasteiger partial charge in [-0.1, -0.05) is 19.3 Å². The van der Waals surface area contributed by atoms with Gasteiger partial charge in [0.1, 0.15) is 12.4 Å². The molecule has 0 fully saturated rings. The third-order valence-electron chi connectivity index (χ3n) is 1.75. The van der Waals surface area contributed by atoms with Gasteiger partial charge >= 0.3 is 5.97 Å². The zero-order valence-electron chi connectivity index (χ0n) is 8.45. The number of aromatic carboxylic acids is 1. The maximum atomic E-state index is 10.9. The lowest BCUT2D eigenvalue weighted by atomic mass is 10.3. The Hall–Kier alpha value is -1.47. The van der Waals surface area contributed by atoms with Crippen LogP contribution >= 0.6 is 11.3 Å². The van der Waals surface area contributed by atoms with E-state index < -0.39 is 5.97 Å². The Bertz CT molecular complexity index is 387. The monoisotopic (exact) mass is 224 g/mol. The summed E-state index contributed by atoms with van der Waals surface area (Å²) in [6.45, 7) is 2.14. The Kier molecular flexibility index (Phi) is 4.19. The Balaban J connectivity index is 2.90. The third kappa shape index (κ3) is 3.00. The van der Waals surface area contributed by atoms with Crippen LogP contribution in [0.15, 0.2) is 6.07 Å². The van der Waals surface area contributed by atoms with Crippen molar-refractivity contribution in [2.75, 3.05) is 6.61 Å². The number of thiophene rings is 1. The number of carboxylic acid groups (broad SMARTS) is 1. The molecular formula is C11H12O3S. The summed E-state index contributed by atoms with van der Waals surface area (Å²) in [6.07, 6.45) is 6.89. The number of carboxylic acids is 1. The van der Waals surface area contributed by atoms with Crippen molar-refractivity contribution in [2.45, 2.75) is 19.8 Å². The minimum Gasteiger partial charge on any atom is -0.479 e. The van der Waals surface area contributed by atoms with Crippen LogP contribution in [0.1, 0.15) is 27.9 Å². The van der Waals surface area contributed by atoms with Crippen molar-refractivity contribution in [2.24, 2.45) is 0 Å². The van der Waals surface area contributed by atoms with Gasteiger partial charge in [0, 0.05) is 4.88 Å². The number of hydrogen-bond donors (Lipinski definition) is 1. The molecule has 0 aliphatic heterocycles. The topological polar surface area (TPSA) is 46.5 Å². The van der Waals surface area contributed by atoms with Crippen molar-refractivity contribution in [3.8, 4) is 18.1 Å². The van der Waals surface area contributed by atoms with Crippen LogP contribution < -0.4 is 4.74 Å². The normalized spacial score (nSPS) is 9.60. The van der Waals surface area contributed by atoms with Gasteiger partial charge in [0.05, 0.1) is 0 Å². The predicted octanol–water partition coefficient (Wildman–Crippen LogP) is 2.41. The SMILES string of the molecule is C#CCOc1cc(CCC)sc1C(=O)O. The fourth-order valence-electron chi connectivity index (χ4n) is 1.17. The van der Waals surface area contributed by atoms with E-state index >= 15 is 0 Å². The number of terminal acetylenes is 1. The number of aryl methyl sites for hydroxylation is 1. The zero-order valence-corrected chi connectivity index (χ0v) is 9.26. The summed E-state index contributed by atoms with van der Waals surface area (Å²) < 4.78 is 5.17. The first kappa shape index (κ1) is 11.6. The summed E-state index contributed by atoms with van der Waals surface area (Å²) in [5, 5.41) is 8.93. The summed E-state index contributed by atoms with van der Waals surface area (Å²) >= 11 is 1.25. The quantitative estimate of drug-likeness (QED) is 0.781. The van der Waals surface area contributed by atoms with Gasteiger partial charge in [0.2, 0.25) is 0 Å².